The van der Waals surface area contributed by atoms with Crippen molar-refractivity contribution in [1.29, 1.82) is 0 Å². The zero-order chi connectivity index (χ0) is 11.2. The summed E-state index contributed by atoms with van der Waals surface area (Å²) in [5, 5.41) is 3.24. The third-order valence-electron chi connectivity index (χ3n) is 2.19. The highest BCUT2D eigenvalue weighted by atomic mass is 15.0. The number of hydrogen-bond acceptors (Lipinski definition) is 4. The summed E-state index contributed by atoms with van der Waals surface area (Å²) in [4.78, 5) is 12.6. The van der Waals surface area contributed by atoms with Crippen molar-refractivity contribution in [2.24, 2.45) is 0 Å². The van der Waals surface area contributed by atoms with E-state index in [1.54, 1.807) is 6.20 Å². The Bertz CT molecular complexity index is 442. The Morgan fingerprint density at radius 1 is 1.12 bits per heavy atom. The molecule has 1 N–H and O–H groups in total. The second kappa shape index (κ2) is 5.21. The van der Waals surface area contributed by atoms with E-state index in [-0.39, 0.29) is 0 Å². The molecule has 82 valence electrons. The Hall–Kier alpha value is -1.97. The maximum absolute atomic E-state index is 4.26. The van der Waals surface area contributed by atoms with Crippen LogP contribution < -0.4 is 5.32 Å². The van der Waals surface area contributed by atoms with Gasteiger partial charge in [-0.25, -0.2) is 9.97 Å². The van der Waals surface area contributed by atoms with Crippen molar-refractivity contribution in [1.82, 2.24) is 15.0 Å². The molecule has 2 rings (SSSR count). The van der Waals surface area contributed by atoms with Crippen molar-refractivity contribution in [3.8, 4) is 0 Å². The van der Waals surface area contributed by atoms with Crippen molar-refractivity contribution in [3.05, 3.63) is 48.2 Å². The Kier molecular flexibility index (Phi) is 3.43. The van der Waals surface area contributed by atoms with Gasteiger partial charge in [0.2, 0.25) is 0 Å². The molecule has 0 aliphatic carbocycles. The van der Waals surface area contributed by atoms with Gasteiger partial charge in [-0.1, -0.05) is 6.07 Å². The van der Waals surface area contributed by atoms with E-state index in [4.69, 9.17) is 0 Å². The molecule has 2 aromatic heterocycles. The molecule has 0 aromatic carbocycles. The summed E-state index contributed by atoms with van der Waals surface area (Å²) in [6.45, 7) is 2.71. The summed E-state index contributed by atoms with van der Waals surface area (Å²) in [6, 6.07) is 7.81. The third kappa shape index (κ3) is 3.02. The number of pyridine rings is 1. The molecule has 0 saturated heterocycles. The summed E-state index contributed by atoms with van der Waals surface area (Å²) < 4.78 is 0. The zero-order valence-corrected chi connectivity index (χ0v) is 9.22. The second-order valence-electron chi connectivity index (χ2n) is 3.49. The van der Waals surface area contributed by atoms with E-state index in [9.17, 15) is 0 Å². The van der Waals surface area contributed by atoms with E-state index < -0.39 is 0 Å². The smallest absolute Gasteiger partial charge is 0.129 e. The number of hydrogen-bond donors (Lipinski definition) is 1. The summed E-state index contributed by atoms with van der Waals surface area (Å²) >= 11 is 0. The molecule has 4 nitrogen and oxygen atoms in total. The van der Waals surface area contributed by atoms with Gasteiger partial charge in [0, 0.05) is 31.1 Å². The first kappa shape index (κ1) is 10.5. The van der Waals surface area contributed by atoms with Gasteiger partial charge in [0.15, 0.2) is 0 Å². The highest BCUT2D eigenvalue weighted by Crippen LogP contribution is 2.01. The van der Waals surface area contributed by atoms with Crippen LogP contribution in [0.1, 0.15) is 11.5 Å². The largest absolute Gasteiger partial charge is 0.370 e. The van der Waals surface area contributed by atoms with E-state index in [0.717, 1.165) is 30.3 Å². The van der Waals surface area contributed by atoms with E-state index >= 15 is 0 Å². The molecule has 0 aliphatic heterocycles. The number of nitrogens with zero attached hydrogens (tertiary/aromatic N) is 3. The third-order valence-corrected chi connectivity index (χ3v) is 2.19. The number of nitrogens with one attached hydrogen (secondary N) is 1. The molecular weight excluding hydrogens is 200 g/mol. The Morgan fingerprint density at radius 3 is 2.81 bits per heavy atom. The molecule has 0 fully saturated rings. The van der Waals surface area contributed by atoms with Crippen LogP contribution in [0, 0.1) is 6.92 Å². The Balaban J connectivity index is 1.85. The summed E-state index contributed by atoms with van der Waals surface area (Å²) in [5.41, 5.74) is 1.08. The molecule has 0 spiro atoms. The lowest BCUT2D eigenvalue weighted by molar-refractivity contribution is 0.943. The SMILES string of the molecule is Cc1nccc(NCCc2ccccn2)n1. The molecule has 0 atom stereocenters. The molecule has 0 unspecified atom stereocenters. The quantitative estimate of drug-likeness (QED) is 0.843. The molecule has 0 amide bonds. The standard InChI is InChI=1S/C12H14N4/c1-10-13-9-6-12(16-10)15-8-5-11-4-2-3-7-14-11/h2-4,6-7,9H,5,8H2,1H3,(H,13,15,16). The lowest BCUT2D eigenvalue weighted by Crippen LogP contribution is -2.07. The predicted molar refractivity (Wildman–Crippen MR) is 63.2 cm³/mol. The first-order valence-electron chi connectivity index (χ1n) is 5.28. The van der Waals surface area contributed by atoms with Gasteiger partial charge in [-0.3, -0.25) is 4.98 Å². The molecule has 0 bridgehead atoms. The van der Waals surface area contributed by atoms with Crippen molar-refractivity contribution in [3.63, 3.8) is 0 Å². The van der Waals surface area contributed by atoms with Gasteiger partial charge in [0.1, 0.15) is 11.6 Å². The number of aromatic nitrogens is 3. The first-order valence-corrected chi connectivity index (χ1v) is 5.28. The number of anilines is 1. The molecule has 16 heavy (non-hydrogen) atoms. The van der Waals surface area contributed by atoms with E-state index in [0.29, 0.717) is 0 Å². The van der Waals surface area contributed by atoms with Gasteiger partial charge in [-0.2, -0.15) is 0 Å². The van der Waals surface area contributed by atoms with Crippen LogP contribution in [0.5, 0.6) is 0 Å². The average Bonchev–Trinajstić information content (AvgIpc) is 2.30. The predicted octanol–water partition coefficient (Wildman–Crippen LogP) is 1.83. The molecular formula is C12H14N4. The monoisotopic (exact) mass is 214 g/mol. The molecule has 0 saturated carbocycles. The molecule has 2 heterocycles. The van der Waals surface area contributed by atoms with Crippen LogP contribution in [0.25, 0.3) is 0 Å². The van der Waals surface area contributed by atoms with Crippen molar-refractivity contribution >= 4 is 5.82 Å². The molecule has 2 aromatic rings. The van der Waals surface area contributed by atoms with Gasteiger partial charge < -0.3 is 5.32 Å². The summed E-state index contributed by atoms with van der Waals surface area (Å²) in [5.74, 6) is 1.64. The van der Waals surface area contributed by atoms with Crippen LogP contribution in [-0.4, -0.2) is 21.5 Å². The Morgan fingerprint density at radius 2 is 2.06 bits per heavy atom. The van der Waals surface area contributed by atoms with Gasteiger partial charge in [0.25, 0.3) is 0 Å². The summed E-state index contributed by atoms with van der Waals surface area (Å²) in [7, 11) is 0. The highest BCUT2D eigenvalue weighted by molar-refractivity contribution is 5.32. The van der Waals surface area contributed by atoms with Gasteiger partial charge in [-0.15, -0.1) is 0 Å². The fourth-order valence-electron chi connectivity index (χ4n) is 1.42. The maximum Gasteiger partial charge on any atom is 0.129 e. The molecule has 4 heteroatoms. The number of rotatable bonds is 4. The first-order chi connectivity index (χ1) is 7.84. The van der Waals surface area contributed by atoms with Gasteiger partial charge in [-0.05, 0) is 25.1 Å². The minimum absolute atomic E-state index is 0.780. The van der Waals surface area contributed by atoms with E-state index in [1.165, 1.54) is 0 Å². The van der Waals surface area contributed by atoms with E-state index in [2.05, 4.69) is 20.3 Å². The Labute approximate surface area is 94.8 Å². The lowest BCUT2D eigenvalue weighted by Gasteiger charge is -2.05. The van der Waals surface area contributed by atoms with Gasteiger partial charge in [0.05, 0.1) is 0 Å². The summed E-state index contributed by atoms with van der Waals surface area (Å²) in [6.07, 6.45) is 4.46. The second-order valence-corrected chi connectivity index (χ2v) is 3.49. The minimum atomic E-state index is 0.780. The van der Waals surface area contributed by atoms with Crippen LogP contribution in [0.3, 0.4) is 0 Å². The van der Waals surface area contributed by atoms with Crippen molar-refractivity contribution < 1.29 is 0 Å². The minimum Gasteiger partial charge on any atom is -0.370 e. The normalized spacial score (nSPS) is 10.1. The van der Waals surface area contributed by atoms with Crippen LogP contribution in [-0.2, 0) is 6.42 Å². The number of aryl methyl sites for hydroxylation is 1. The molecule has 0 aliphatic rings. The van der Waals surface area contributed by atoms with Gasteiger partial charge >= 0.3 is 0 Å². The fraction of sp³-hybridized carbons (Fsp3) is 0.250. The lowest BCUT2D eigenvalue weighted by atomic mass is 10.3. The highest BCUT2D eigenvalue weighted by Gasteiger charge is 1.95. The van der Waals surface area contributed by atoms with Crippen LogP contribution in [0.4, 0.5) is 5.82 Å². The maximum atomic E-state index is 4.26. The van der Waals surface area contributed by atoms with Crippen LogP contribution >= 0.6 is 0 Å². The molecule has 0 radical (unpaired) electrons. The van der Waals surface area contributed by atoms with Crippen LogP contribution in [0.15, 0.2) is 36.7 Å². The zero-order valence-electron chi connectivity index (χ0n) is 9.22. The fourth-order valence-corrected chi connectivity index (χ4v) is 1.42. The van der Waals surface area contributed by atoms with Crippen molar-refractivity contribution in [2.45, 2.75) is 13.3 Å². The van der Waals surface area contributed by atoms with Crippen molar-refractivity contribution in [2.75, 3.05) is 11.9 Å². The van der Waals surface area contributed by atoms with Crippen LogP contribution in [0.2, 0.25) is 0 Å². The average molecular weight is 214 g/mol. The topological polar surface area (TPSA) is 50.7 Å². The van der Waals surface area contributed by atoms with E-state index in [1.807, 2.05) is 37.4 Å².